The predicted molar refractivity (Wildman–Crippen MR) is 77.3 cm³/mol. The molecule has 2 fully saturated rings. The van der Waals surface area contributed by atoms with E-state index >= 15 is 0 Å². The molecule has 1 atom stereocenters. The first-order valence-corrected chi connectivity index (χ1v) is 7.83. The summed E-state index contributed by atoms with van der Waals surface area (Å²) in [6.07, 6.45) is 7.90. The van der Waals surface area contributed by atoms with Crippen LogP contribution in [-0.2, 0) is 9.47 Å². The SMILES string of the molecule is CCOC1CCCN(C2(CN)CCC(OC)CC2)C1. The van der Waals surface area contributed by atoms with Crippen molar-refractivity contribution in [2.45, 2.75) is 63.2 Å². The van der Waals surface area contributed by atoms with Crippen LogP contribution in [0.25, 0.3) is 0 Å². The first kappa shape index (κ1) is 15.2. The monoisotopic (exact) mass is 270 g/mol. The third-order valence-electron chi connectivity index (χ3n) is 5.03. The molecule has 112 valence electrons. The summed E-state index contributed by atoms with van der Waals surface area (Å²) < 4.78 is 11.3. The zero-order valence-electron chi connectivity index (χ0n) is 12.6. The van der Waals surface area contributed by atoms with Crippen molar-refractivity contribution >= 4 is 0 Å². The summed E-state index contributed by atoms with van der Waals surface area (Å²) in [5.74, 6) is 0. The Morgan fingerprint density at radius 2 is 1.95 bits per heavy atom. The Balaban J connectivity index is 1.96. The second kappa shape index (κ2) is 7.02. The van der Waals surface area contributed by atoms with Gasteiger partial charge in [0.15, 0.2) is 0 Å². The quantitative estimate of drug-likeness (QED) is 0.827. The van der Waals surface area contributed by atoms with E-state index in [-0.39, 0.29) is 5.54 Å². The van der Waals surface area contributed by atoms with Gasteiger partial charge in [-0.3, -0.25) is 4.90 Å². The van der Waals surface area contributed by atoms with E-state index in [9.17, 15) is 0 Å². The van der Waals surface area contributed by atoms with E-state index < -0.39 is 0 Å². The third-order valence-corrected chi connectivity index (χ3v) is 5.03. The predicted octanol–water partition coefficient (Wildman–Crippen LogP) is 1.77. The summed E-state index contributed by atoms with van der Waals surface area (Å²) in [7, 11) is 1.83. The van der Waals surface area contributed by atoms with Crippen molar-refractivity contribution in [3.05, 3.63) is 0 Å². The zero-order valence-corrected chi connectivity index (χ0v) is 12.6. The van der Waals surface area contributed by atoms with Gasteiger partial charge in [-0.1, -0.05) is 0 Å². The fraction of sp³-hybridized carbons (Fsp3) is 1.00. The first-order chi connectivity index (χ1) is 9.24. The van der Waals surface area contributed by atoms with Gasteiger partial charge in [0.1, 0.15) is 0 Å². The van der Waals surface area contributed by atoms with Gasteiger partial charge in [0.2, 0.25) is 0 Å². The van der Waals surface area contributed by atoms with Crippen LogP contribution in [0.3, 0.4) is 0 Å². The topological polar surface area (TPSA) is 47.7 Å². The fourth-order valence-corrected chi connectivity index (χ4v) is 3.75. The van der Waals surface area contributed by atoms with Crippen LogP contribution in [0.1, 0.15) is 45.4 Å². The molecule has 2 rings (SSSR count). The molecule has 1 aliphatic carbocycles. The number of methoxy groups -OCH3 is 1. The van der Waals surface area contributed by atoms with Crippen molar-refractivity contribution in [3.8, 4) is 0 Å². The average molecular weight is 270 g/mol. The Hall–Kier alpha value is -0.160. The van der Waals surface area contributed by atoms with E-state index in [1.165, 1.54) is 32.2 Å². The molecule has 2 aliphatic rings. The van der Waals surface area contributed by atoms with E-state index in [4.69, 9.17) is 15.2 Å². The molecule has 4 heteroatoms. The van der Waals surface area contributed by atoms with E-state index in [0.717, 1.165) is 32.5 Å². The number of piperidine rings is 1. The highest BCUT2D eigenvalue weighted by atomic mass is 16.5. The molecule has 1 saturated heterocycles. The number of ether oxygens (including phenoxy) is 2. The van der Waals surface area contributed by atoms with Crippen molar-refractivity contribution in [1.82, 2.24) is 4.90 Å². The number of hydrogen-bond donors (Lipinski definition) is 1. The Bertz CT molecular complexity index is 263. The van der Waals surface area contributed by atoms with E-state index in [0.29, 0.717) is 12.2 Å². The highest BCUT2D eigenvalue weighted by Gasteiger charge is 2.41. The lowest BCUT2D eigenvalue weighted by molar-refractivity contribution is -0.0592. The van der Waals surface area contributed by atoms with Crippen LogP contribution in [0, 0.1) is 0 Å². The van der Waals surface area contributed by atoms with Crippen LogP contribution in [0.5, 0.6) is 0 Å². The van der Waals surface area contributed by atoms with Crippen LogP contribution in [0.15, 0.2) is 0 Å². The van der Waals surface area contributed by atoms with Gasteiger partial charge >= 0.3 is 0 Å². The van der Waals surface area contributed by atoms with Crippen molar-refractivity contribution in [2.75, 3.05) is 33.4 Å². The van der Waals surface area contributed by atoms with Crippen LogP contribution >= 0.6 is 0 Å². The molecule has 1 aliphatic heterocycles. The summed E-state index contributed by atoms with van der Waals surface area (Å²) in [6.45, 7) is 5.91. The third kappa shape index (κ3) is 3.48. The summed E-state index contributed by atoms with van der Waals surface area (Å²) in [5.41, 5.74) is 6.35. The van der Waals surface area contributed by atoms with Gasteiger partial charge in [-0.25, -0.2) is 0 Å². The van der Waals surface area contributed by atoms with Crippen molar-refractivity contribution in [2.24, 2.45) is 5.73 Å². The largest absolute Gasteiger partial charge is 0.381 e. The molecular formula is C15H30N2O2. The van der Waals surface area contributed by atoms with Gasteiger partial charge in [-0.05, 0) is 52.0 Å². The summed E-state index contributed by atoms with van der Waals surface area (Å²) in [4.78, 5) is 2.61. The number of nitrogens with zero attached hydrogens (tertiary/aromatic N) is 1. The molecule has 19 heavy (non-hydrogen) atoms. The average Bonchev–Trinajstić information content (AvgIpc) is 2.48. The molecule has 0 aromatic heterocycles. The maximum atomic E-state index is 6.15. The summed E-state index contributed by atoms with van der Waals surface area (Å²) >= 11 is 0. The minimum atomic E-state index is 0.199. The number of rotatable bonds is 5. The van der Waals surface area contributed by atoms with E-state index in [1.807, 2.05) is 7.11 Å². The van der Waals surface area contributed by atoms with Gasteiger partial charge in [0.05, 0.1) is 12.2 Å². The minimum absolute atomic E-state index is 0.199. The van der Waals surface area contributed by atoms with E-state index in [1.54, 1.807) is 0 Å². The summed E-state index contributed by atoms with van der Waals surface area (Å²) in [6, 6.07) is 0. The van der Waals surface area contributed by atoms with Crippen LogP contribution in [0.2, 0.25) is 0 Å². The Morgan fingerprint density at radius 3 is 2.53 bits per heavy atom. The number of nitrogens with two attached hydrogens (primary N) is 1. The highest BCUT2D eigenvalue weighted by Crippen LogP contribution is 2.36. The Kier molecular flexibility index (Phi) is 5.63. The lowest BCUT2D eigenvalue weighted by atomic mass is 9.78. The molecule has 1 unspecified atom stereocenters. The first-order valence-electron chi connectivity index (χ1n) is 7.83. The lowest BCUT2D eigenvalue weighted by Crippen LogP contribution is -2.60. The van der Waals surface area contributed by atoms with Crippen LogP contribution in [0.4, 0.5) is 0 Å². The molecule has 1 saturated carbocycles. The minimum Gasteiger partial charge on any atom is -0.381 e. The fourth-order valence-electron chi connectivity index (χ4n) is 3.75. The number of likely N-dealkylation sites (tertiary alicyclic amines) is 1. The number of hydrogen-bond acceptors (Lipinski definition) is 4. The molecule has 0 bridgehead atoms. The lowest BCUT2D eigenvalue weighted by Gasteiger charge is -2.50. The molecule has 4 nitrogen and oxygen atoms in total. The molecule has 0 aromatic rings. The Labute approximate surface area is 117 Å². The normalized spacial score (nSPS) is 37.4. The van der Waals surface area contributed by atoms with Crippen molar-refractivity contribution in [1.29, 1.82) is 0 Å². The smallest absolute Gasteiger partial charge is 0.0702 e. The zero-order chi connectivity index (χ0) is 13.7. The standard InChI is InChI=1S/C15H30N2O2/c1-3-19-14-5-4-10-17(11-14)15(12-16)8-6-13(18-2)7-9-15/h13-14H,3-12,16H2,1-2H3. The Morgan fingerprint density at radius 1 is 1.21 bits per heavy atom. The van der Waals surface area contributed by atoms with Crippen LogP contribution < -0.4 is 5.73 Å². The maximum absolute atomic E-state index is 6.15. The van der Waals surface area contributed by atoms with Gasteiger partial charge in [-0.2, -0.15) is 0 Å². The van der Waals surface area contributed by atoms with Gasteiger partial charge in [0, 0.05) is 32.3 Å². The highest BCUT2D eigenvalue weighted by molar-refractivity contribution is 4.98. The maximum Gasteiger partial charge on any atom is 0.0702 e. The van der Waals surface area contributed by atoms with Crippen LogP contribution in [-0.4, -0.2) is 56.0 Å². The molecule has 0 radical (unpaired) electrons. The van der Waals surface area contributed by atoms with Gasteiger partial charge in [0.25, 0.3) is 0 Å². The molecule has 0 aromatic carbocycles. The summed E-state index contributed by atoms with van der Waals surface area (Å²) in [5, 5.41) is 0. The molecule has 2 N–H and O–H groups in total. The molecule has 0 amide bonds. The molecule has 1 heterocycles. The molecular weight excluding hydrogens is 240 g/mol. The second-order valence-electron chi connectivity index (χ2n) is 6.03. The van der Waals surface area contributed by atoms with Gasteiger partial charge in [-0.15, -0.1) is 0 Å². The van der Waals surface area contributed by atoms with Crippen molar-refractivity contribution < 1.29 is 9.47 Å². The molecule has 0 spiro atoms. The van der Waals surface area contributed by atoms with Crippen molar-refractivity contribution in [3.63, 3.8) is 0 Å². The van der Waals surface area contributed by atoms with Gasteiger partial charge < -0.3 is 15.2 Å². The van der Waals surface area contributed by atoms with E-state index in [2.05, 4.69) is 11.8 Å². The second-order valence-corrected chi connectivity index (χ2v) is 6.03.